The minimum Gasteiger partial charge on any atom is -0.504 e. The Morgan fingerprint density at radius 1 is 0.806 bits per heavy atom. The molecule has 12 nitrogen and oxygen atoms in total. The molecule has 3 rings (SSSR count). The Labute approximate surface area is 177 Å². The highest BCUT2D eigenvalue weighted by Gasteiger charge is 2.45. The van der Waals surface area contributed by atoms with Crippen molar-refractivity contribution in [2.75, 3.05) is 19.8 Å². The Kier molecular flexibility index (Phi) is 8.04. The minimum absolute atomic E-state index is 0.0247. The first kappa shape index (κ1) is 24.1. The zero-order chi connectivity index (χ0) is 22.7. The van der Waals surface area contributed by atoms with Crippen LogP contribution in [0.3, 0.4) is 0 Å². The summed E-state index contributed by atoms with van der Waals surface area (Å²) in [6.07, 6.45) is -12.4. The number of phenolic OH excluding ortho intramolecular Hbond substituents is 2. The van der Waals surface area contributed by atoms with Gasteiger partial charge in [0.15, 0.2) is 24.1 Å². The second-order valence-corrected chi connectivity index (χ2v) is 7.54. The van der Waals surface area contributed by atoms with E-state index in [1.54, 1.807) is 6.07 Å². The summed E-state index contributed by atoms with van der Waals surface area (Å²) in [6.45, 7) is -0.616. The van der Waals surface area contributed by atoms with E-state index in [-0.39, 0.29) is 31.3 Å². The highest BCUT2D eigenvalue weighted by atomic mass is 16.7. The highest BCUT2D eigenvalue weighted by Crippen LogP contribution is 2.26. The van der Waals surface area contributed by atoms with Gasteiger partial charge >= 0.3 is 0 Å². The van der Waals surface area contributed by atoms with E-state index in [1.165, 1.54) is 12.1 Å². The smallest absolute Gasteiger partial charge is 0.186 e. The molecule has 1 aromatic rings. The van der Waals surface area contributed by atoms with Crippen LogP contribution in [-0.4, -0.2) is 116 Å². The predicted molar refractivity (Wildman–Crippen MR) is 99.8 cm³/mol. The first-order valence-electron chi connectivity index (χ1n) is 9.78. The minimum atomic E-state index is -1.60. The maximum Gasteiger partial charge on any atom is 0.186 e. The third-order valence-corrected chi connectivity index (χ3v) is 5.26. The largest absolute Gasteiger partial charge is 0.504 e. The van der Waals surface area contributed by atoms with E-state index < -0.39 is 55.3 Å². The van der Waals surface area contributed by atoms with Crippen molar-refractivity contribution in [1.82, 2.24) is 0 Å². The van der Waals surface area contributed by atoms with Gasteiger partial charge in [0.2, 0.25) is 0 Å². The Balaban J connectivity index is 1.52. The zero-order valence-electron chi connectivity index (χ0n) is 16.5. The average Bonchev–Trinajstić information content (AvgIpc) is 2.75. The number of phenols is 2. The second-order valence-electron chi connectivity index (χ2n) is 7.54. The summed E-state index contributed by atoms with van der Waals surface area (Å²) in [4.78, 5) is 0. The van der Waals surface area contributed by atoms with E-state index in [0.717, 1.165) is 0 Å². The summed E-state index contributed by atoms with van der Waals surface area (Å²) in [5.74, 6) is -0.545. The van der Waals surface area contributed by atoms with Crippen LogP contribution in [0.5, 0.6) is 11.5 Å². The lowest BCUT2D eigenvalue weighted by Crippen LogP contribution is -2.60. The molecule has 0 radical (unpaired) electrons. The van der Waals surface area contributed by atoms with E-state index in [2.05, 4.69) is 0 Å². The monoisotopic (exact) mass is 448 g/mol. The lowest BCUT2D eigenvalue weighted by atomic mass is 9.99. The molecule has 0 spiro atoms. The molecular weight excluding hydrogens is 420 g/mol. The second kappa shape index (κ2) is 10.4. The van der Waals surface area contributed by atoms with Crippen LogP contribution in [-0.2, 0) is 25.4 Å². The molecule has 12 heteroatoms. The SMILES string of the molecule is Oc1ccc(CCOC2OC(COC3OCC(O)C(O)C3O)C(O)C(O)C2O)cc1O. The van der Waals surface area contributed by atoms with Crippen LogP contribution in [0.2, 0.25) is 0 Å². The summed E-state index contributed by atoms with van der Waals surface area (Å²) in [7, 11) is 0. The quantitative estimate of drug-likeness (QED) is 0.196. The molecule has 8 N–H and O–H groups in total. The summed E-state index contributed by atoms with van der Waals surface area (Å²) in [5.41, 5.74) is 0.644. The number of hydrogen-bond acceptors (Lipinski definition) is 12. The van der Waals surface area contributed by atoms with Crippen LogP contribution in [0.15, 0.2) is 18.2 Å². The molecule has 2 aliphatic rings. The average molecular weight is 448 g/mol. The zero-order valence-corrected chi connectivity index (χ0v) is 16.5. The first-order valence-corrected chi connectivity index (χ1v) is 9.78. The summed E-state index contributed by atoms with van der Waals surface area (Å²) >= 11 is 0. The number of benzene rings is 1. The Morgan fingerprint density at radius 3 is 2.23 bits per heavy atom. The van der Waals surface area contributed by atoms with E-state index in [9.17, 15) is 40.9 Å². The van der Waals surface area contributed by atoms with Gasteiger partial charge in [0.1, 0.15) is 42.7 Å². The van der Waals surface area contributed by atoms with Gasteiger partial charge in [-0.2, -0.15) is 0 Å². The number of rotatable bonds is 7. The molecule has 0 aliphatic carbocycles. The van der Waals surface area contributed by atoms with Gasteiger partial charge in [-0.05, 0) is 24.1 Å². The molecular formula is C19H28O12. The van der Waals surface area contributed by atoms with Gasteiger partial charge < -0.3 is 59.8 Å². The number of aliphatic hydroxyl groups is 6. The Bertz CT molecular complexity index is 717. The normalized spacial score (nSPS) is 38.8. The van der Waals surface area contributed by atoms with Crippen LogP contribution in [0, 0.1) is 0 Å². The maximum atomic E-state index is 10.2. The number of ether oxygens (including phenoxy) is 4. The maximum absolute atomic E-state index is 10.2. The van der Waals surface area contributed by atoms with Crippen molar-refractivity contribution >= 4 is 0 Å². The van der Waals surface area contributed by atoms with Gasteiger partial charge in [0.25, 0.3) is 0 Å². The van der Waals surface area contributed by atoms with E-state index in [1.807, 2.05) is 0 Å². The molecule has 9 atom stereocenters. The van der Waals surface area contributed by atoms with Crippen molar-refractivity contribution in [2.24, 2.45) is 0 Å². The lowest BCUT2D eigenvalue weighted by molar-refractivity contribution is -0.320. The van der Waals surface area contributed by atoms with Gasteiger partial charge in [-0.15, -0.1) is 0 Å². The van der Waals surface area contributed by atoms with Crippen molar-refractivity contribution in [2.45, 2.75) is 61.7 Å². The number of aromatic hydroxyl groups is 2. The molecule has 0 bridgehead atoms. The van der Waals surface area contributed by atoms with E-state index >= 15 is 0 Å². The van der Waals surface area contributed by atoms with Crippen molar-refractivity contribution < 1.29 is 59.8 Å². The lowest BCUT2D eigenvalue weighted by Gasteiger charge is -2.41. The molecule has 1 aromatic carbocycles. The van der Waals surface area contributed by atoms with Gasteiger partial charge in [0, 0.05) is 0 Å². The molecule has 176 valence electrons. The third-order valence-electron chi connectivity index (χ3n) is 5.26. The van der Waals surface area contributed by atoms with Crippen LogP contribution >= 0.6 is 0 Å². The fourth-order valence-electron chi connectivity index (χ4n) is 3.32. The van der Waals surface area contributed by atoms with E-state index in [0.29, 0.717) is 12.0 Å². The third kappa shape index (κ3) is 5.62. The Hall–Kier alpha value is -1.58. The Morgan fingerprint density at radius 2 is 1.52 bits per heavy atom. The van der Waals surface area contributed by atoms with Crippen molar-refractivity contribution in [1.29, 1.82) is 0 Å². The van der Waals surface area contributed by atoms with Crippen molar-refractivity contribution in [3.8, 4) is 11.5 Å². The molecule has 2 heterocycles. The molecule has 2 aliphatic heterocycles. The van der Waals surface area contributed by atoms with Crippen LogP contribution in [0.1, 0.15) is 5.56 Å². The molecule has 0 amide bonds. The van der Waals surface area contributed by atoms with Gasteiger partial charge in [-0.25, -0.2) is 0 Å². The van der Waals surface area contributed by atoms with Crippen molar-refractivity contribution in [3.63, 3.8) is 0 Å². The molecule has 2 fully saturated rings. The number of hydrogen-bond donors (Lipinski definition) is 8. The van der Waals surface area contributed by atoms with E-state index in [4.69, 9.17) is 18.9 Å². The molecule has 0 saturated carbocycles. The van der Waals surface area contributed by atoms with Gasteiger partial charge in [-0.3, -0.25) is 0 Å². The van der Waals surface area contributed by atoms with Gasteiger partial charge in [-0.1, -0.05) is 6.07 Å². The van der Waals surface area contributed by atoms with Gasteiger partial charge in [0.05, 0.1) is 19.8 Å². The standard InChI is InChI=1S/C19H28O12/c20-9-2-1-8(5-10(9)21)3-4-28-19-17(27)15(25)14(24)12(31-19)7-30-18-16(26)13(23)11(22)6-29-18/h1-2,5,11-27H,3-4,6-7H2. The topological polar surface area (TPSA) is 199 Å². The predicted octanol–water partition coefficient (Wildman–Crippen LogP) is -3.08. The fourth-order valence-corrected chi connectivity index (χ4v) is 3.32. The molecule has 31 heavy (non-hydrogen) atoms. The summed E-state index contributed by atoms with van der Waals surface area (Å²) < 4.78 is 21.4. The molecule has 0 aromatic heterocycles. The molecule has 2 saturated heterocycles. The summed E-state index contributed by atoms with van der Waals surface area (Å²) in [6, 6.07) is 4.25. The highest BCUT2D eigenvalue weighted by molar-refractivity contribution is 5.40. The van der Waals surface area contributed by atoms with Crippen LogP contribution in [0.25, 0.3) is 0 Å². The first-order chi connectivity index (χ1) is 14.7. The fraction of sp³-hybridized carbons (Fsp3) is 0.684. The van der Waals surface area contributed by atoms with Crippen LogP contribution < -0.4 is 0 Å². The molecule has 9 unspecified atom stereocenters. The summed E-state index contributed by atoms with van der Waals surface area (Å²) in [5, 5.41) is 78.3. The van der Waals surface area contributed by atoms with Crippen LogP contribution in [0.4, 0.5) is 0 Å². The number of aliphatic hydroxyl groups excluding tert-OH is 6. The van der Waals surface area contributed by atoms with Crippen molar-refractivity contribution in [3.05, 3.63) is 23.8 Å².